The molecule has 28 heavy (non-hydrogen) atoms. The lowest BCUT2D eigenvalue weighted by atomic mass is 10.2. The monoisotopic (exact) mass is 396 g/mol. The van der Waals surface area contributed by atoms with E-state index in [4.69, 9.17) is 0 Å². The van der Waals surface area contributed by atoms with E-state index in [9.17, 15) is 0 Å². The van der Waals surface area contributed by atoms with Gasteiger partial charge in [0.25, 0.3) is 0 Å². The van der Waals surface area contributed by atoms with Gasteiger partial charge in [0.05, 0.1) is 13.3 Å². The molecule has 2 saturated heterocycles. The van der Waals surface area contributed by atoms with Crippen molar-refractivity contribution >= 4 is 0 Å². The van der Waals surface area contributed by atoms with Crippen LogP contribution in [0.5, 0.6) is 0 Å². The lowest BCUT2D eigenvalue weighted by molar-refractivity contribution is 0.0783. The van der Waals surface area contributed by atoms with Crippen molar-refractivity contribution in [3.8, 4) is 0 Å². The lowest BCUT2D eigenvalue weighted by Gasteiger charge is -2.37. The first kappa shape index (κ1) is 24.0. The summed E-state index contributed by atoms with van der Waals surface area (Å²) in [5, 5.41) is 0. The second-order valence-electron chi connectivity index (χ2n) is 8.52. The van der Waals surface area contributed by atoms with Gasteiger partial charge in [0.1, 0.15) is 0 Å². The quantitative estimate of drug-likeness (QED) is 0.616. The van der Waals surface area contributed by atoms with Crippen LogP contribution < -0.4 is 0 Å². The molecule has 2 fully saturated rings. The van der Waals surface area contributed by atoms with Crippen LogP contribution in [0.4, 0.5) is 0 Å². The summed E-state index contributed by atoms with van der Waals surface area (Å²) in [5.74, 6) is 0. The molecular formula is C22H48N6. The molecule has 0 aliphatic carbocycles. The maximum atomic E-state index is 2.73. The van der Waals surface area contributed by atoms with Gasteiger partial charge in [0.15, 0.2) is 0 Å². The lowest BCUT2D eigenvalue weighted by Crippen LogP contribution is -2.49. The third-order valence-corrected chi connectivity index (χ3v) is 6.68. The summed E-state index contributed by atoms with van der Waals surface area (Å²) in [6.45, 7) is 28.4. The molecule has 2 unspecified atom stereocenters. The average Bonchev–Trinajstić information content (AvgIpc) is 2.73. The Balaban J connectivity index is 1.94. The zero-order chi connectivity index (χ0) is 20.2. The van der Waals surface area contributed by atoms with Crippen LogP contribution in [0.15, 0.2) is 0 Å². The maximum absolute atomic E-state index is 2.73. The molecule has 0 N–H and O–H groups in total. The summed E-state index contributed by atoms with van der Waals surface area (Å²) in [7, 11) is 0. The fourth-order valence-corrected chi connectivity index (χ4v) is 4.47. The van der Waals surface area contributed by atoms with Crippen molar-refractivity contribution in [2.45, 2.75) is 40.5 Å². The average molecular weight is 397 g/mol. The van der Waals surface area contributed by atoms with Crippen LogP contribution in [-0.2, 0) is 0 Å². The molecule has 0 aromatic heterocycles. The van der Waals surface area contributed by atoms with Gasteiger partial charge in [0.2, 0.25) is 0 Å². The second kappa shape index (κ2) is 13.9. The van der Waals surface area contributed by atoms with Gasteiger partial charge in [-0.2, -0.15) is 0 Å². The molecular weight excluding hydrogens is 348 g/mol. The zero-order valence-corrected chi connectivity index (χ0v) is 19.4. The van der Waals surface area contributed by atoms with Crippen molar-refractivity contribution in [3.05, 3.63) is 0 Å². The van der Waals surface area contributed by atoms with Crippen LogP contribution >= 0.6 is 0 Å². The van der Waals surface area contributed by atoms with Crippen molar-refractivity contribution in [2.75, 3.05) is 105 Å². The molecule has 2 bridgehead atoms. The van der Waals surface area contributed by atoms with Crippen LogP contribution in [0.25, 0.3) is 0 Å². The maximum Gasteiger partial charge on any atom is 0.0506 e. The Kier molecular flexibility index (Phi) is 11.9. The minimum absolute atomic E-state index is 1.14. The highest BCUT2D eigenvalue weighted by Gasteiger charge is 2.19. The second-order valence-corrected chi connectivity index (χ2v) is 8.52. The van der Waals surface area contributed by atoms with E-state index in [1.54, 1.807) is 0 Å². The van der Waals surface area contributed by atoms with Crippen LogP contribution in [0, 0.1) is 0 Å². The van der Waals surface area contributed by atoms with E-state index >= 15 is 0 Å². The van der Waals surface area contributed by atoms with Crippen molar-refractivity contribution in [3.63, 3.8) is 0 Å². The molecule has 2 rings (SSSR count). The third kappa shape index (κ3) is 8.64. The Hall–Kier alpha value is -0.240. The number of fused-ring (bicyclic) bond motifs is 3. The van der Waals surface area contributed by atoms with E-state index in [1.807, 2.05) is 0 Å². The minimum atomic E-state index is 1.14. The molecule has 6 nitrogen and oxygen atoms in total. The van der Waals surface area contributed by atoms with Crippen molar-refractivity contribution in [1.29, 1.82) is 0 Å². The SMILES string of the molecule is CCN(CC)CN1CCCN2CCN(CCCN(CN(CC)CC)CC2)CC1. The smallest absolute Gasteiger partial charge is 0.0506 e. The molecule has 166 valence electrons. The number of hydrogen-bond donors (Lipinski definition) is 0. The summed E-state index contributed by atoms with van der Waals surface area (Å²) in [4.78, 5) is 16.0. The first-order valence-electron chi connectivity index (χ1n) is 12.0. The number of nitrogens with zero attached hydrogens (tertiary/aromatic N) is 6. The van der Waals surface area contributed by atoms with E-state index in [0.29, 0.717) is 0 Å². The van der Waals surface area contributed by atoms with Gasteiger partial charge in [-0.15, -0.1) is 0 Å². The standard InChI is InChI=1S/C22H48N6/c1-5-23(6-2)21-27-13-9-11-26-16-15-25(17-19-27)12-10-14-28(20-18-26)22-24(7-3)8-4/h5-22H2,1-4H3. The first-order valence-corrected chi connectivity index (χ1v) is 12.0. The third-order valence-electron chi connectivity index (χ3n) is 6.68. The predicted molar refractivity (Wildman–Crippen MR) is 121 cm³/mol. The van der Waals surface area contributed by atoms with Gasteiger partial charge in [-0.1, -0.05) is 27.7 Å². The Labute approximate surface area is 175 Å². The van der Waals surface area contributed by atoms with Gasteiger partial charge in [0, 0.05) is 52.4 Å². The van der Waals surface area contributed by atoms with Crippen LogP contribution in [0.3, 0.4) is 0 Å². The molecule has 0 saturated carbocycles. The molecule has 2 heterocycles. The van der Waals surface area contributed by atoms with E-state index in [0.717, 1.165) is 39.5 Å². The minimum Gasteiger partial charge on any atom is -0.301 e. The molecule has 0 amide bonds. The fraction of sp³-hybridized carbons (Fsp3) is 1.00. The van der Waals surface area contributed by atoms with Gasteiger partial charge >= 0.3 is 0 Å². The highest BCUT2D eigenvalue weighted by Crippen LogP contribution is 2.07. The molecule has 0 radical (unpaired) electrons. The van der Waals surface area contributed by atoms with Crippen LogP contribution in [0.2, 0.25) is 0 Å². The Morgan fingerprint density at radius 2 is 0.821 bits per heavy atom. The Morgan fingerprint density at radius 1 is 0.464 bits per heavy atom. The van der Waals surface area contributed by atoms with E-state index in [2.05, 4.69) is 57.1 Å². The zero-order valence-electron chi connectivity index (χ0n) is 19.4. The van der Waals surface area contributed by atoms with E-state index in [1.165, 1.54) is 78.3 Å². The highest BCUT2D eigenvalue weighted by molar-refractivity contribution is 4.74. The molecule has 6 heteroatoms. The van der Waals surface area contributed by atoms with Crippen molar-refractivity contribution in [1.82, 2.24) is 29.4 Å². The summed E-state index contributed by atoms with van der Waals surface area (Å²) >= 11 is 0. The van der Waals surface area contributed by atoms with Gasteiger partial charge in [-0.25, -0.2) is 0 Å². The molecule has 2 aliphatic rings. The predicted octanol–water partition coefficient (Wildman–Crippen LogP) is 1.60. The molecule has 0 spiro atoms. The highest BCUT2D eigenvalue weighted by atomic mass is 15.3. The van der Waals surface area contributed by atoms with E-state index < -0.39 is 0 Å². The van der Waals surface area contributed by atoms with E-state index in [-0.39, 0.29) is 0 Å². The van der Waals surface area contributed by atoms with Crippen molar-refractivity contribution in [2.24, 2.45) is 0 Å². The Bertz CT molecular complexity index is 349. The Morgan fingerprint density at radius 3 is 1.18 bits per heavy atom. The van der Waals surface area contributed by atoms with Gasteiger partial charge in [-0.3, -0.25) is 19.6 Å². The molecule has 0 aromatic carbocycles. The number of hydrogen-bond acceptors (Lipinski definition) is 6. The molecule has 2 atom stereocenters. The van der Waals surface area contributed by atoms with Crippen molar-refractivity contribution < 1.29 is 0 Å². The summed E-state index contributed by atoms with van der Waals surface area (Å²) < 4.78 is 0. The van der Waals surface area contributed by atoms with Crippen LogP contribution in [0.1, 0.15) is 40.5 Å². The van der Waals surface area contributed by atoms with Gasteiger partial charge < -0.3 is 9.80 Å². The topological polar surface area (TPSA) is 19.4 Å². The largest absolute Gasteiger partial charge is 0.301 e. The normalized spacial score (nSPS) is 26.8. The number of rotatable bonds is 8. The van der Waals surface area contributed by atoms with Crippen LogP contribution in [-0.4, -0.2) is 134 Å². The summed E-state index contributed by atoms with van der Waals surface area (Å²) in [6, 6.07) is 0. The first-order chi connectivity index (χ1) is 13.7. The summed E-state index contributed by atoms with van der Waals surface area (Å²) in [6.07, 6.45) is 2.61. The molecule has 0 aromatic rings. The molecule has 2 aliphatic heterocycles. The summed E-state index contributed by atoms with van der Waals surface area (Å²) in [5.41, 5.74) is 0. The van der Waals surface area contributed by atoms with Gasteiger partial charge in [-0.05, 0) is 52.1 Å². The fourth-order valence-electron chi connectivity index (χ4n) is 4.47.